The lowest BCUT2D eigenvalue weighted by Crippen LogP contribution is -2.39. The van der Waals surface area contributed by atoms with Gasteiger partial charge < -0.3 is 25.4 Å². The van der Waals surface area contributed by atoms with Gasteiger partial charge in [0.1, 0.15) is 12.4 Å². The van der Waals surface area contributed by atoms with Crippen LogP contribution in [0.25, 0.3) is 0 Å². The zero-order valence-corrected chi connectivity index (χ0v) is 15.6. The fourth-order valence-electron chi connectivity index (χ4n) is 2.65. The van der Waals surface area contributed by atoms with E-state index in [2.05, 4.69) is 20.9 Å². The van der Waals surface area contributed by atoms with Crippen LogP contribution in [0.4, 0.5) is 10.1 Å². The Bertz CT molecular complexity index is 840. The van der Waals surface area contributed by atoms with E-state index in [4.69, 9.17) is 9.47 Å². The number of amides is 1. The zero-order valence-electron chi connectivity index (χ0n) is 15.6. The van der Waals surface area contributed by atoms with E-state index in [0.29, 0.717) is 24.7 Å². The number of hydrogen-bond donors (Lipinski definition) is 3. The van der Waals surface area contributed by atoms with E-state index in [9.17, 15) is 9.18 Å². The molecule has 148 valence electrons. The van der Waals surface area contributed by atoms with Crippen LogP contribution in [-0.2, 0) is 11.2 Å². The van der Waals surface area contributed by atoms with Gasteiger partial charge in [-0.3, -0.25) is 4.79 Å². The summed E-state index contributed by atoms with van der Waals surface area (Å²) in [5.74, 6) is 1.45. The molecule has 28 heavy (non-hydrogen) atoms. The minimum atomic E-state index is -0.350. The van der Waals surface area contributed by atoms with Crippen molar-refractivity contribution in [3.05, 3.63) is 53.8 Å². The molecule has 0 unspecified atom stereocenters. The number of carbonyl (C=O) groups is 1. The van der Waals surface area contributed by atoms with Crippen molar-refractivity contribution in [3.8, 4) is 11.5 Å². The Hall–Kier alpha value is -3.29. The van der Waals surface area contributed by atoms with Crippen molar-refractivity contribution in [3.63, 3.8) is 0 Å². The van der Waals surface area contributed by atoms with Crippen LogP contribution in [0.2, 0.25) is 0 Å². The number of fused-ring (bicyclic) bond motifs is 1. The first-order valence-electron chi connectivity index (χ1n) is 9.10. The molecular weight excluding hydrogens is 363 g/mol. The van der Waals surface area contributed by atoms with Crippen LogP contribution in [0.5, 0.6) is 11.5 Å². The Morgan fingerprint density at radius 3 is 2.68 bits per heavy atom. The lowest BCUT2D eigenvalue weighted by Gasteiger charge is -2.11. The number of guanidine groups is 1. The third kappa shape index (κ3) is 5.60. The number of ether oxygens (including phenoxy) is 2. The van der Waals surface area contributed by atoms with Gasteiger partial charge in [-0.2, -0.15) is 0 Å². The van der Waals surface area contributed by atoms with E-state index >= 15 is 0 Å². The quantitative estimate of drug-likeness (QED) is 0.502. The maximum atomic E-state index is 12.9. The fourth-order valence-corrected chi connectivity index (χ4v) is 2.65. The minimum Gasteiger partial charge on any atom is -0.454 e. The number of carbonyl (C=O) groups excluding carboxylic acids is 1. The van der Waals surface area contributed by atoms with Crippen molar-refractivity contribution in [2.45, 2.75) is 13.3 Å². The van der Waals surface area contributed by atoms with Gasteiger partial charge in [-0.05, 0) is 55.3 Å². The van der Waals surface area contributed by atoms with Gasteiger partial charge >= 0.3 is 0 Å². The number of nitrogens with one attached hydrogen (secondary N) is 3. The van der Waals surface area contributed by atoms with Gasteiger partial charge in [-0.1, -0.05) is 6.07 Å². The molecule has 0 saturated heterocycles. The molecule has 0 bridgehead atoms. The average molecular weight is 386 g/mol. The first-order chi connectivity index (χ1) is 13.6. The Morgan fingerprint density at radius 2 is 1.89 bits per heavy atom. The summed E-state index contributed by atoms with van der Waals surface area (Å²) in [6.45, 7) is 3.49. The molecule has 1 aliphatic heterocycles. The first-order valence-corrected chi connectivity index (χ1v) is 9.10. The molecule has 0 aliphatic carbocycles. The van der Waals surface area contributed by atoms with Crippen molar-refractivity contribution < 1.29 is 18.7 Å². The molecule has 0 atom stereocenters. The Balaban J connectivity index is 1.48. The Labute approximate surface area is 163 Å². The van der Waals surface area contributed by atoms with Gasteiger partial charge in [0.25, 0.3) is 0 Å². The summed E-state index contributed by atoms with van der Waals surface area (Å²) < 4.78 is 23.6. The van der Waals surface area contributed by atoms with Crippen LogP contribution < -0.4 is 25.4 Å². The number of anilines is 1. The second-order valence-corrected chi connectivity index (χ2v) is 6.11. The molecule has 2 aromatic carbocycles. The summed E-state index contributed by atoms with van der Waals surface area (Å²) >= 11 is 0. The van der Waals surface area contributed by atoms with Crippen LogP contribution >= 0.6 is 0 Å². The minimum absolute atomic E-state index is 0.0449. The molecule has 1 heterocycles. The Kier molecular flexibility index (Phi) is 6.67. The average Bonchev–Trinajstić information content (AvgIpc) is 3.16. The number of halogens is 1. The van der Waals surface area contributed by atoms with Crippen molar-refractivity contribution in [2.24, 2.45) is 4.99 Å². The van der Waals surface area contributed by atoms with Gasteiger partial charge in [-0.25, -0.2) is 9.38 Å². The summed E-state index contributed by atoms with van der Waals surface area (Å²) in [5, 5.41) is 8.98. The lowest BCUT2D eigenvalue weighted by molar-refractivity contribution is -0.114. The molecule has 0 aromatic heterocycles. The predicted octanol–water partition coefficient (Wildman–Crippen LogP) is 2.29. The summed E-state index contributed by atoms with van der Waals surface area (Å²) in [6.07, 6.45) is 0.767. The van der Waals surface area contributed by atoms with Crippen molar-refractivity contribution in [1.29, 1.82) is 0 Å². The number of benzene rings is 2. The lowest BCUT2D eigenvalue weighted by atomic mass is 10.1. The van der Waals surface area contributed by atoms with Crippen LogP contribution in [-0.4, -0.2) is 38.3 Å². The first kappa shape index (κ1) is 19.5. The van der Waals surface area contributed by atoms with Crippen LogP contribution in [0.15, 0.2) is 47.5 Å². The smallest absolute Gasteiger partial charge is 0.246 e. The normalized spacial score (nSPS) is 12.6. The number of nitrogens with zero attached hydrogens (tertiary/aromatic N) is 1. The van der Waals surface area contributed by atoms with Crippen LogP contribution in [0, 0.1) is 5.82 Å². The molecule has 0 radical (unpaired) electrons. The summed E-state index contributed by atoms with van der Waals surface area (Å²) in [4.78, 5) is 16.3. The summed E-state index contributed by atoms with van der Waals surface area (Å²) in [7, 11) is 0. The predicted molar refractivity (Wildman–Crippen MR) is 105 cm³/mol. The second kappa shape index (κ2) is 9.59. The van der Waals surface area contributed by atoms with Gasteiger partial charge in [0, 0.05) is 18.8 Å². The van der Waals surface area contributed by atoms with E-state index < -0.39 is 0 Å². The molecule has 8 heteroatoms. The highest BCUT2D eigenvalue weighted by atomic mass is 19.1. The molecule has 3 N–H and O–H groups in total. The molecule has 0 spiro atoms. The van der Waals surface area contributed by atoms with Gasteiger partial charge in [0.15, 0.2) is 17.5 Å². The van der Waals surface area contributed by atoms with E-state index in [-0.39, 0.29) is 25.1 Å². The molecule has 2 aromatic rings. The monoisotopic (exact) mass is 386 g/mol. The third-order valence-corrected chi connectivity index (χ3v) is 4.00. The standard InChI is InChI=1S/C20H23FN4O3/c1-2-22-20(24-12-19(26)25-16-6-4-15(21)5-7-16)23-10-9-14-3-8-17-18(11-14)28-13-27-17/h3-8,11H,2,9-10,12-13H2,1H3,(H,25,26)(H2,22,23,24). The SMILES string of the molecule is CCNC(=NCC(=O)Nc1ccc(F)cc1)NCCc1ccc2c(c1)OCO2. The largest absolute Gasteiger partial charge is 0.454 e. The molecule has 0 fully saturated rings. The highest BCUT2D eigenvalue weighted by Crippen LogP contribution is 2.32. The molecule has 7 nitrogen and oxygen atoms in total. The van der Waals surface area contributed by atoms with Gasteiger partial charge in [0.2, 0.25) is 12.7 Å². The molecule has 3 rings (SSSR count). The number of hydrogen-bond acceptors (Lipinski definition) is 4. The highest BCUT2D eigenvalue weighted by molar-refractivity contribution is 5.94. The van der Waals surface area contributed by atoms with Gasteiger partial charge in [0.05, 0.1) is 0 Å². The second-order valence-electron chi connectivity index (χ2n) is 6.11. The number of rotatable bonds is 7. The topological polar surface area (TPSA) is 84.0 Å². The number of aliphatic imine (C=N–C) groups is 1. The maximum Gasteiger partial charge on any atom is 0.246 e. The maximum absolute atomic E-state index is 12.9. The zero-order chi connectivity index (χ0) is 19.8. The van der Waals surface area contributed by atoms with Crippen LogP contribution in [0.1, 0.15) is 12.5 Å². The molecule has 1 amide bonds. The van der Waals surface area contributed by atoms with E-state index in [1.807, 2.05) is 25.1 Å². The summed E-state index contributed by atoms with van der Waals surface area (Å²) in [5.41, 5.74) is 1.64. The van der Waals surface area contributed by atoms with Crippen molar-refractivity contribution in [1.82, 2.24) is 10.6 Å². The van der Waals surface area contributed by atoms with E-state index in [1.54, 1.807) is 0 Å². The van der Waals surface area contributed by atoms with Gasteiger partial charge in [-0.15, -0.1) is 0 Å². The van der Waals surface area contributed by atoms with Crippen molar-refractivity contribution in [2.75, 3.05) is 31.7 Å². The Morgan fingerprint density at radius 1 is 1.11 bits per heavy atom. The third-order valence-electron chi connectivity index (χ3n) is 4.00. The van der Waals surface area contributed by atoms with Crippen LogP contribution in [0.3, 0.4) is 0 Å². The summed E-state index contributed by atoms with van der Waals surface area (Å²) in [6, 6.07) is 11.5. The fraction of sp³-hybridized carbons (Fsp3) is 0.300. The molecule has 0 saturated carbocycles. The van der Waals surface area contributed by atoms with Crippen molar-refractivity contribution >= 4 is 17.6 Å². The van der Waals surface area contributed by atoms with E-state index in [1.165, 1.54) is 24.3 Å². The molecular formula is C20H23FN4O3. The highest BCUT2D eigenvalue weighted by Gasteiger charge is 2.13. The van der Waals surface area contributed by atoms with E-state index in [0.717, 1.165) is 23.5 Å². The molecule has 1 aliphatic rings.